The highest BCUT2D eigenvalue weighted by atomic mass is 127. The smallest absolute Gasteiger partial charge is 0.234 e. The molecule has 0 unspecified atom stereocenters. The Balaban J connectivity index is 1.61. The van der Waals surface area contributed by atoms with Crippen molar-refractivity contribution in [2.45, 2.75) is 5.16 Å². The molecule has 8 heteroatoms. The highest BCUT2D eigenvalue weighted by Crippen LogP contribution is 2.32. The summed E-state index contributed by atoms with van der Waals surface area (Å²) in [5, 5.41) is 12.4. The number of hydrogen-bond acceptors (Lipinski definition) is 4. The molecule has 0 fully saturated rings. The second-order valence-electron chi connectivity index (χ2n) is 6.27. The third-order valence-corrected chi connectivity index (χ3v) is 6.80. The van der Waals surface area contributed by atoms with Gasteiger partial charge in [0.15, 0.2) is 11.0 Å². The van der Waals surface area contributed by atoms with Gasteiger partial charge in [-0.05, 0) is 52.9 Å². The van der Waals surface area contributed by atoms with E-state index in [0.29, 0.717) is 11.0 Å². The first-order chi connectivity index (χ1) is 14.6. The van der Waals surface area contributed by atoms with E-state index in [4.69, 9.17) is 0 Å². The van der Waals surface area contributed by atoms with Crippen LogP contribution in [0.2, 0.25) is 0 Å². The maximum atomic E-state index is 12.5. The van der Waals surface area contributed by atoms with Gasteiger partial charge in [-0.3, -0.25) is 9.36 Å². The van der Waals surface area contributed by atoms with Gasteiger partial charge in [-0.2, -0.15) is 0 Å². The summed E-state index contributed by atoms with van der Waals surface area (Å²) in [5.74, 6) is 0.856. The molecular formula is C22H16BrIN4OS. The van der Waals surface area contributed by atoms with Crippen molar-refractivity contribution < 1.29 is 4.79 Å². The molecule has 0 aliphatic heterocycles. The topological polar surface area (TPSA) is 59.8 Å². The normalized spacial score (nSPS) is 10.7. The van der Waals surface area contributed by atoms with Crippen molar-refractivity contribution in [1.82, 2.24) is 14.8 Å². The van der Waals surface area contributed by atoms with Crippen LogP contribution in [0.5, 0.6) is 0 Å². The molecule has 30 heavy (non-hydrogen) atoms. The first-order valence-corrected chi connectivity index (χ1v) is 11.9. The van der Waals surface area contributed by atoms with E-state index in [2.05, 4.69) is 54.0 Å². The number of amides is 1. The summed E-state index contributed by atoms with van der Waals surface area (Å²) in [6, 6.07) is 25.5. The fraction of sp³-hybridized carbons (Fsp3) is 0.0455. The second-order valence-corrected chi connectivity index (χ2v) is 9.23. The van der Waals surface area contributed by atoms with Crippen molar-refractivity contribution in [1.29, 1.82) is 0 Å². The molecule has 1 aromatic heterocycles. The van der Waals surface area contributed by atoms with E-state index in [1.54, 1.807) is 0 Å². The zero-order chi connectivity index (χ0) is 20.9. The fourth-order valence-corrected chi connectivity index (χ4v) is 4.61. The zero-order valence-electron chi connectivity index (χ0n) is 15.6. The maximum Gasteiger partial charge on any atom is 0.234 e. The summed E-state index contributed by atoms with van der Waals surface area (Å²) in [6.07, 6.45) is 0. The molecular weight excluding hydrogens is 575 g/mol. The highest BCUT2D eigenvalue weighted by Gasteiger charge is 2.18. The van der Waals surface area contributed by atoms with Crippen LogP contribution < -0.4 is 5.32 Å². The Hall–Kier alpha value is -2.17. The minimum atomic E-state index is -0.0887. The predicted molar refractivity (Wildman–Crippen MR) is 133 cm³/mol. The van der Waals surface area contributed by atoms with Gasteiger partial charge in [0.05, 0.1) is 11.4 Å². The van der Waals surface area contributed by atoms with Crippen LogP contribution in [0.25, 0.3) is 17.1 Å². The van der Waals surface area contributed by atoms with E-state index in [1.165, 1.54) is 11.8 Å². The van der Waals surface area contributed by atoms with Crippen LogP contribution >= 0.6 is 50.3 Å². The summed E-state index contributed by atoms with van der Waals surface area (Å²) < 4.78 is 3.91. The molecule has 0 aliphatic carbocycles. The van der Waals surface area contributed by atoms with Crippen LogP contribution in [-0.4, -0.2) is 26.4 Å². The first kappa shape index (κ1) is 21.1. The molecule has 0 spiro atoms. The number of carbonyl (C=O) groups excluding carboxylic acids is 1. The molecule has 4 aromatic rings. The van der Waals surface area contributed by atoms with Crippen LogP contribution in [0.3, 0.4) is 0 Å². The SMILES string of the molecule is O=C(CSc1nnc(-c2ccccc2Br)n1-c1ccccc1)Nc1ccccc1I. The largest absolute Gasteiger partial charge is 0.324 e. The number of thioether (sulfide) groups is 1. The van der Waals surface area contributed by atoms with Gasteiger partial charge in [-0.25, -0.2) is 0 Å². The summed E-state index contributed by atoms with van der Waals surface area (Å²) in [5.41, 5.74) is 2.68. The Morgan fingerprint density at radius 3 is 2.43 bits per heavy atom. The van der Waals surface area contributed by atoms with Crippen molar-refractivity contribution in [2.24, 2.45) is 0 Å². The van der Waals surface area contributed by atoms with Crippen LogP contribution in [0, 0.1) is 3.57 Å². The average Bonchev–Trinajstić information content (AvgIpc) is 3.18. The fourth-order valence-electron chi connectivity index (χ4n) is 2.87. The summed E-state index contributed by atoms with van der Waals surface area (Å²) in [4.78, 5) is 12.5. The standard InChI is InChI=1S/C22H16BrIN4OS/c23-17-11-5-4-10-16(17)21-26-27-22(28(21)15-8-2-1-3-9-15)30-14-20(29)25-19-13-7-6-12-18(19)24/h1-13H,14H2,(H,25,29). The van der Waals surface area contributed by atoms with Crippen molar-refractivity contribution in [3.63, 3.8) is 0 Å². The number of nitrogens with zero attached hydrogens (tertiary/aromatic N) is 3. The van der Waals surface area contributed by atoms with Gasteiger partial charge >= 0.3 is 0 Å². The molecule has 1 heterocycles. The molecule has 0 saturated heterocycles. The number of hydrogen-bond donors (Lipinski definition) is 1. The summed E-state index contributed by atoms with van der Waals surface area (Å²) >= 11 is 7.17. The van der Waals surface area contributed by atoms with E-state index in [1.807, 2.05) is 83.4 Å². The van der Waals surface area contributed by atoms with E-state index in [9.17, 15) is 4.79 Å². The lowest BCUT2D eigenvalue weighted by Crippen LogP contribution is -2.15. The van der Waals surface area contributed by atoms with Crippen molar-refractivity contribution in [3.05, 3.63) is 86.9 Å². The lowest BCUT2D eigenvalue weighted by molar-refractivity contribution is -0.113. The van der Waals surface area contributed by atoms with Gasteiger partial charge in [0.25, 0.3) is 0 Å². The average molecular weight is 591 g/mol. The van der Waals surface area contributed by atoms with Crippen LogP contribution in [0.15, 0.2) is 88.5 Å². The van der Waals surface area contributed by atoms with Crippen molar-refractivity contribution in [3.8, 4) is 17.1 Å². The Morgan fingerprint density at radius 2 is 1.67 bits per heavy atom. The second kappa shape index (κ2) is 9.76. The minimum absolute atomic E-state index is 0.0887. The molecule has 150 valence electrons. The van der Waals surface area contributed by atoms with Crippen molar-refractivity contribution >= 4 is 61.9 Å². The quantitative estimate of drug-likeness (QED) is 0.220. The monoisotopic (exact) mass is 590 g/mol. The van der Waals surface area contributed by atoms with Crippen LogP contribution in [-0.2, 0) is 4.79 Å². The first-order valence-electron chi connectivity index (χ1n) is 9.06. The third kappa shape index (κ3) is 4.76. The molecule has 1 N–H and O–H groups in total. The minimum Gasteiger partial charge on any atom is -0.324 e. The molecule has 0 radical (unpaired) electrons. The summed E-state index contributed by atoms with van der Waals surface area (Å²) in [6.45, 7) is 0. The Labute approximate surface area is 200 Å². The van der Waals surface area contributed by atoms with Crippen LogP contribution in [0.4, 0.5) is 5.69 Å². The van der Waals surface area contributed by atoms with E-state index < -0.39 is 0 Å². The van der Waals surface area contributed by atoms with E-state index >= 15 is 0 Å². The Morgan fingerprint density at radius 1 is 0.967 bits per heavy atom. The van der Waals surface area contributed by atoms with E-state index in [-0.39, 0.29) is 11.7 Å². The van der Waals surface area contributed by atoms with E-state index in [0.717, 1.165) is 25.0 Å². The van der Waals surface area contributed by atoms with Crippen molar-refractivity contribution in [2.75, 3.05) is 11.1 Å². The molecule has 0 atom stereocenters. The third-order valence-electron chi connectivity index (χ3n) is 4.24. The van der Waals surface area contributed by atoms with Gasteiger partial charge in [0, 0.05) is 19.3 Å². The van der Waals surface area contributed by atoms with Gasteiger partial charge in [-0.1, -0.05) is 76.2 Å². The van der Waals surface area contributed by atoms with Gasteiger partial charge < -0.3 is 5.32 Å². The number of rotatable bonds is 6. The maximum absolute atomic E-state index is 12.5. The van der Waals surface area contributed by atoms with Gasteiger partial charge in [0.2, 0.25) is 5.91 Å². The number of halogens is 2. The molecule has 4 rings (SSSR count). The lowest BCUT2D eigenvalue weighted by atomic mass is 10.2. The van der Waals surface area contributed by atoms with Gasteiger partial charge in [0.1, 0.15) is 0 Å². The molecule has 0 saturated carbocycles. The molecule has 5 nitrogen and oxygen atoms in total. The zero-order valence-corrected chi connectivity index (χ0v) is 20.2. The van der Waals surface area contributed by atoms with Gasteiger partial charge in [-0.15, -0.1) is 10.2 Å². The lowest BCUT2D eigenvalue weighted by Gasteiger charge is -2.11. The number of nitrogens with one attached hydrogen (secondary N) is 1. The highest BCUT2D eigenvalue weighted by molar-refractivity contribution is 14.1. The number of carbonyl (C=O) groups is 1. The number of para-hydroxylation sites is 2. The molecule has 3 aromatic carbocycles. The summed E-state index contributed by atoms with van der Waals surface area (Å²) in [7, 11) is 0. The van der Waals surface area contributed by atoms with Crippen LogP contribution in [0.1, 0.15) is 0 Å². The molecule has 1 amide bonds. The molecule has 0 bridgehead atoms. The Bertz CT molecular complexity index is 1180. The number of aromatic nitrogens is 3. The predicted octanol–water partition coefficient (Wildman–Crippen LogP) is 6.03. The molecule has 0 aliphatic rings. The Kier molecular flexibility index (Phi) is 6.86. The number of anilines is 1. The number of benzene rings is 3.